The molecule has 0 amide bonds. The Morgan fingerprint density at radius 3 is 3.00 bits per heavy atom. The molecule has 1 fully saturated rings. The van der Waals surface area contributed by atoms with Gasteiger partial charge in [0.15, 0.2) is 0 Å². The van der Waals surface area contributed by atoms with E-state index >= 15 is 0 Å². The second-order valence-electron chi connectivity index (χ2n) is 6.06. The minimum absolute atomic E-state index is 0.223. The largest absolute Gasteiger partial charge is 0.325 e. The van der Waals surface area contributed by atoms with E-state index in [1.807, 2.05) is 6.07 Å². The molecule has 0 bridgehead atoms. The number of aryl methyl sites for hydroxylation is 1. The van der Waals surface area contributed by atoms with Crippen molar-refractivity contribution in [3.63, 3.8) is 0 Å². The van der Waals surface area contributed by atoms with Crippen molar-refractivity contribution in [1.82, 2.24) is 9.55 Å². The lowest BCUT2D eigenvalue weighted by Gasteiger charge is -2.31. The Balaban J connectivity index is 2.04. The summed E-state index contributed by atoms with van der Waals surface area (Å²) in [5.41, 5.74) is 1.81. The van der Waals surface area contributed by atoms with Crippen LogP contribution in [0.4, 0.5) is 4.39 Å². The number of aromatic nitrogens is 2. The third kappa shape index (κ3) is 2.94. The van der Waals surface area contributed by atoms with Crippen LogP contribution in [0.15, 0.2) is 18.2 Å². The molecule has 1 heterocycles. The third-order valence-electron chi connectivity index (χ3n) is 4.74. The molecule has 0 saturated heterocycles. The van der Waals surface area contributed by atoms with Gasteiger partial charge in [0, 0.05) is 24.4 Å². The number of halogens is 2. The Bertz CT molecular complexity index is 623. The van der Waals surface area contributed by atoms with Crippen LogP contribution >= 0.6 is 11.6 Å². The van der Waals surface area contributed by atoms with Crippen LogP contribution in [0, 0.1) is 11.7 Å². The van der Waals surface area contributed by atoms with Crippen molar-refractivity contribution in [2.24, 2.45) is 5.92 Å². The zero-order valence-corrected chi connectivity index (χ0v) is 13.2. The molecule has 4 heteroatoms. The first-order chi connectivity index (χ1) is 10.2. The summed E-state index contributed by atoms with van der Waals surface area (Å²) in [6.07, 6.45) is 6.97. The molecule has 3 rings (SSSR count). The molecule has 0 aliphatic heterocycles. The lowest BCUT2D eigenvalue weighted by Crippen LogP contribution is -2.20. The number of fused-ring (bicyclic) bond motifs is 1. The van der Waals surface area contributed by atoms with Crippen molar-refractivity contribution in [3.05, 3.63) is 29.8 Å². The second kappa shape index (κ2) is 6.35. The van der Waals surface area contributed by atoms with Crippen molar-refractivity contribution in [2.75, 3.05) is 5.88 Å². The molecule has 114 valence electrons. The van der Waals surface area contributed by atoms with Crippen LogP contribution in [0.2, 0.25) is 0 Å². The highest BCUT2D eigenvalue weighted by Gasteiger charge is 2.25. The minimum atomic E-state index is -0.223. The average Bonchev–Trinajstić information content (AvgIpc) is 2.84. The van der Waals surface area contributed by atoms with Crippen LogP contribution in [0.5, 0.6) is 0 Å². The summed E-state index contributed by atoms with van der Waals surface area (Å²) in [5.74, 6) is 2.13. The minimum Gasteiger partial charge on any atom is -0.325 e. The summed E-state index contributed by atoms with van der Waals surface area (Å²) in [4.78, 5) is 4.63. The quantitative estimate of drug-likeness (QED) is 0.719. The van der Waals surface area contributed by atoms with Crippen LogP contribution in [-0.2, 0) is 6.42 Å². The van der Waals surface area contributed by atoms with Crippen molar-refractivity contribution in [3.8, 4) is 0 Å². The molecule has 2 unspecified atom stereocenters. The van der Waals surface area contributed by atoms with Gasteiger partial charge in [0.2, 0.25) is 0 Å². The molecule has 0 radical (unpaired) electrons. The highest BCUT2D eigenvalue weighted by atomic mass is 35.5. The predicted octanol–water partition coefficient (Wildman–Crippen LogP) is 5.10. The molecule has 21 heavy (non-hydrogen) atoms. The Hall–Kier alpha value is -1.09. The third-order valence-corrected chi connectivity index (χ3v) is 4.93. The lowest BCUT2D eigenvalue weighted by atomic mass is 9.84. The normalized spacial score (nSPS) is 22.8. The Morgan fingerprint density at radius 1 is 1.38 bits per heavy atom. The number of hydrogen-bond acceptors (Lipinski definition) is 1. The van der Waals surface area contributed by atoms with Gasteiger partial charge in [-0.15, -0.1) is 11.6 Å². The number of alkyl halides is 1. The van der Waals surface area contributed by atoms with E-state index in [9.17, 15) is 4.39 Å². The summed E-state index contributed by atoms with van der Waals surface area (Å²) >= 11 is 5.93. The van der Waals surface area contributed by atoms with Gasteiger partial charge < -0.3 is 4.57 Å². The van der Waals surface area contributed by atoms with Crippen LogP contribution < -0.4 is 0 Å². The van der Waals surface area contributed by atoms with E-state index in [-0.39, 0.29) is 5.82 Å². The van der Waals surface area contributed by atoms with Crippen LogP contribution in [0.3, 0.4) is 0 Å². The zero-order chi connectivity index (χ0) is 14.8. The van der Waals surface area contributed by atoms with Crippen molar-refractivity contribution in [1.29, 1.82) is 0 Å². The first-order valence-electron chi connectivity index (χ1n) is 7.95. The maximum atomic E-state index is 13.4. The summed E-state index contributed by atoms with van der Waals surface area (Å²) in [7, 11) is 0. The van der Waals surface area contributed by atoms with Crippen molar-refractivity contribution >= 4 is 22.6 Å². The Kier molecular flexibility index (Phi) is 4.48. The van der Waals surface area contributed by atoms with Gasteiger partial charge in [0.05, 0.1) is 11.0 Å². The molecule has 0 spiro atoms. The molecule has 0 N–H and O–H groups in total. The van der Waals surface area contributed by atoms with Gasteiger partial charge >= 0.3 is 0 Å². The molecule has 2 aromatic rings. The number of hydrogen-bond donors (Lipinski definition) is 0. The number of benzene rings is 1. The first kappa shape index (κ1) is 14.8. The van der Waals surface area contributed by atoms with Crippen LogP contribution in [0.1, 0.15) is 50.9 Å². The van der Waals surface area contributed by atoms with Crippen molar-refractivity contribution in [2.45, 2.75) is 51.5 Å². The van der Waals surface area contributed by atoms with Gasteiger partial charge in [-0.3, -0.25) is 0 Å². The fourth-order valence-electron chi connectivity index (χ4n) is 3.66. The van der Waals surface area contributed by atoms with Crippen molar-refractivity contribution < 1.29 is 4.39 Å². The maximum absolute atomic E-state index is 13.4. The molecule has 1 aromatic heterocycles. The summed E-state index contributed by atoms with van der Waals surface area (Å²) in [5, 5.41) is 0. The molecular weight excluding hydrogens is 287 g/mol. The van der Waals surface area contributed by atoms with Gasteiger partial charge in [0.25, 0.3) is 0 Å². The summed E-state index contributed by atoms with van der Waals surface area (Å²) in [6.45, 7) is 2.27. The van der Waals surface area contributed by atoms with Gasteiger partial charge in [-0.25, -0.2) is 9.37 Å². The molecule has 1 aliphatic rings. The van der Waals surface area contributed by atoms with Gasteiger partial charge in [-0.1, -0.05) is 26.2 Å². The highest BCUT2D eigenvalue weighted by molar-refractivity contribution is 6.17. The maximum Gasteiger partial charge on any atom is 0.125 e. The van der Waals surface area contributed by atoms with E-state index < -0.39 is 0 Å². The van der Waals surface area contributed by atoms with E-state index in [2.05, 4.69) is 16.5 Å². The molecule has 1 saturated carbocycles. The Labute approximate surface area is 130 Å². The van der Waals surface area contributed by atoms with Gasteiger partial charge in [-0.05, 0) is 30.9 Å². The average molecular weight is 309 g/mol. The van der Waals surface area contributed by atoms with E-state index in [1.165, 1.54) is 44.2 Å². The highest BCUT2D eigenvalue weighted by Crippen LogP contribution is 2.37. The zero-order valence-electron chi connectivity index (χ0n) is 12.5. The molecule has 1 aliphatic carbocycles. The van der Waals surface area contributed by atoms with Crippen LogP contribution in [0.25, 0.3) is 11.0 Å². The molecule has 2 atom stereocenters. The summed E-state index contributed by atoms with van der Waals surface area (Å²) < 4.78 is 15.8. The monoisotopic (exact) mass is 308 g/mol. The standard InChI is InChI=1S/C17H22ClFN2/c1-2-12-4-3-5-14(10-12)21-16-7-6-13(19)11-15(16)20-17(21)8-9-18/h6-7,11-12,14H,2-5,8-10H2,1H3. The second-order valence-corrected chi connectivity index (χ2v) is 6.44. The van der Waals surface area contributed by atoms with E-state index in [4.69, 9.17) is 11.6 Å². The SMILES string of the molecule is CCC1CCCC(n2c(CCCl)nc3cc(F)ccc32)C1. The summed E-state index contributed by atoms with van der Waals surface area (Å²) in [6, 6.07) is 5.41. The topological polar surface area (TPSA) is 17.8 Å². The smallest absolute Gasteiger partial charge is 0.125 e. The van der Waals surface area contributed by atoms with Gasteiger partial charge in [-0.2, -0.15) is 0 Å². The van der Waals surface area contributed by atoms with Gasteiger partial charge in [0.1, 0.15) is 11.6 Å². The Morgan fingerprint density at radius 2 is 2.24 bits per heavy atom. The number of imidazole rings is 1. The first-order valence-corrected chi connectivity index (χ1v) is 8.48. The van der Waals surface area contributed by atoms with E-state index in [1.54, 1.807) is 0 Å². The fourth-order valence-corrected chi connectivity index (χ4v) is 3.83. The lowest BCUT2D eigenvalue weighted by molar-refractivity contribution is 0.261. The fraction of sp³-hybridized carbons (Fsp3) is 0.588. The predicted molar refractivity (Wildman–Crippen MR) is 85.4 cm³/mol. The molecule has 2 nitrogen and oxygen atoms in total. The number of rotatable bonds is 4. The molecule has 1 aromatic carbocycles. The van der Waals surface area contributed by atoms with E-state index in [0.717, 1.165) is 29.2 Å². The molecular formula is C17H22ClFN2. The number of nitrogens with zero attached hydrogens (tertiary/aromatic N) is 2. The van der Waals surface area contributed by atoms with E-state index in [0.29, 0.717) is 11.9 Å². The van der Waals surface area contributed by atoms with Crippen LogP contribution in [-0.4, -0.2) is 15.4 Å².